The third-order valence-corrected chi connectivity index (χ3v) is 9.36. The molecule has 4 nitrogen and oxygen atoms in total. The Morgan fingerprint density at radius 3 is 2.41 bits per heavy atom. The number of nitrogens with zero attached hydrogens (tertiary/aromatic N) is 1. The maximum absolute atomic E-state index is 11.3. The van der Waals surface area contributed by atoms with E-state index in [4.69, 9.17) is 4.43 Å². The lowest BCUT2D eigenvalue weighted by Gasteiger charge is -2.36. The smallest absolute Gasteiger partial charge is 0.217 e. The first-order chi connectivity index (χ1) is 10.1. The molecular formula is C17H28N2O2Si. The number of hydrogen-bond donors (Lipinski definition) is 1. The molecule has 1 saturated carbocycles. The topological polar surface area (TPSA) is 51.2 Å². The van der Waals surface area contributed by atoms with Gasteiger partial charge in [0.05, 0.1) is 17.8 Å². The fraction of sp³-hybridized carbons (Fsp3) is 0.647. The minimum atomic E-state index is -1.73. The predicted molar refractivity (Wildman–Crippen MR) is 91.0 cm³/mol. The summed E-state index contributed by atoms with van der Waals surface area (Å²) in [6.07, 6.45) is 3.82. The van der Waals surface area contributed by atoms with E-state index in [0.29, 0.717) is 6.61 Å². The Hall–Kier alpha value is -1.20. The second-order valence-corrected chi connectivity index (χ2v) is 12.7. The Morgan fingerprint density at radius 1 is 1.36 bits per heavy atom. The molecule has 0 atom stereocenters. The quantitative estimate of drug-likeness (QED) is 0.841. The minimum Gasteiger partial charge on any atom is -0.413 e. The Kier molecular flexibility index (Phi) is 4.50. The summed E-state index contributed by atoms with van der Waals surface area (Å²) < 4.78 is 6.21. The Bertz CT molecular complexity index is 543. The van der Waals surface area contributed by atoms with Crippen molar-refractivity contribution in [2.24, 2.45) is 0 Å². The maximum Gasteiger partial charge on any atom is 0.217 e. The van der Waals surface area contributed by atoms with E-state index >= 15 is 0 Å². The molecular weight excluding hydrogens is 292 g/mol. The Morgan fingerprint density at radius 2 is 2.00 bits per heavy atom. The summed E-state index contributed by atoms with van der Waals surface area (Å²) >= 11 is 0. The zero-order valence-electron chi connectivity index (χ0n) is 14.6. The van der Waals surface area contributed by atoms with Gasteiger partial charge >= 0.3 is 0 Å². The first-order valence-electron chi connectivity index (χ1n) is 7.94. The SMILES string of the molecule is CC(=O)NC1(c2ccc(CO[Si](C)(C)C(C)(C)C)cn2)CC1. The monoisotopic (exact) mass is 320 g/mol. The zero-order chi connectivity index (χ0) is 16.6. The van der Waals surface area contributed by atoms with Crippen molar-refractivity contribution < 1.29 is 9.22 Å². The van der Waals surface area contributed by atoms with E-state index in [0.717, 1.165) is 24.1 Å². The van der Waals surface area contributed by atoms with E-state index in [-0.39, 0.29) is 16.5 Å². The first kappa shape index (κ1) is 17.2. The largest absolute Gasteiger partial charge is 0.413 e. The van der Waals surface area contributed by atoms with Crippen LogP contribution in [0.3, 0.4) is 0 Å². The summed E-state index contributed by atoms with van der Waals surface area (Å²) in [5.41, 5.74) is 1.83. The average Bonchev–Trinajstić information content (AvgIpc) is 3.16. The summed E-state index contributed by atoms with van der Waals surface area (Å²) in [6.45, 7) is 13.4. The second kappa shape index (κ2) is 5.78. The highest BCUT2D eigenvalue weighted by atomic mass is 28.4. The van der Waals surface area contributed by atoms with Gasteiger partial charge in [0.15, 0.2) is 8.32 Å². The van der Waals surface area contributed by atoms with Crippen molar-refractivity contribution in [2.45, 2.75) is 70.8 Å². The fourth-order valence-electron chi connectivity index (χ4n) is 2.18. The van der Waals surface area contributed by atoms with Crippen molar-refractivity contribution in [1.82, 2.24) is 10.3 Å². The highest BCUT2D eigenvalue weighted by Gasteiger charge is 2.46. The van der Waals surface area contributed by atoms with Crippen LogP contribution in [0.5, 0.6) is 0 Å². The minimum absolute atomic E-state index is 0.00429. The zero-order valence-corrected chi connectivity index (χ0v) is 15.6. The van der Waals surface area contributed by atoms with Crippen molar-refractivity contribution in [3.05, 3.63) is 29.6 Å². The number of rotatable bonds is 5. The molecule has 22 heavy (non-hydrogen) atoms. The van der Waals surface area contributed by atoms with Gasteiger partial charge in [0.25, 0.3) is 0 Å². The van der Waals surface area contributed by atoms with Gasteiger partial charge in [-0.25, -0.2) is 0 Å². The standard InChI is InChI=1S/C17H28N2O2Si/c1-13(20)19-17(9-10-17)15-8-7-14(11-18-15)12-21-22(5,6)16(2,3)4/h7-8,11H,9-10,12H2,1-6H3,(H,19,20). The lowest BCUT2D eigenvalue weighted by molar-refractivity contribution is -0.120. The van der Waals surface area contributed by atoms with Crippen LogP contribution in [0.15, 0.2) is 18.3 Å². The van der Waals surface area contributed by atoms with Gasteiger partial charge in [0.2, 0.25) is 5.91 Å². The van der Waals surface area contributed by atoms with Crippen LogP contribution < -0.4 is 5.32 Å². The number of hydrogen-bond acceptors (Lipinski definition) is 3. The maximum atomic E-state index is 11.3. The van der Waals surface area contributed by atoms with Crippen LogP contribution in [0.2, 0.25) is 18.1 Å². The van der Waals surface area contributed by atoms with Crippen LogP contribution >= 0.6 is 0 Å². The molecule has 1 N–H and O–H groups in total. The van der Waals surface area contributed by atoms with Crippen LogP contribution in [0.1, 0.15) is 51.8 Å². The third-order valence-electron chi connectivity index (χ3n) is 4.89. The number of amides is 1. The molecule has 0 radical (unpaired) electrons. The molecule has 0 aliphatic heterocycles. The van der Waals surface area contributed by atoms with Gasteiger partial charge in [-0.1, -0.05) is 26.8 Å². The lowest BCUT2D eigenvalue weighted by Crippen LogP contribution is -2.40. The normalized spacial score (nSPS) is 17.2. The van der Waals surface area contributed by atoms with Crippen molar-refractivity contribution in [2.75, 3.05) is 0 Å². The summed E-state index contributed by atoms with van der Waals surface area (Å²) in [5.74, 6) is 0.00429. The predicted octanol–water partition coefficient (Wildman–Crippen LogP) is 3.73. The number of pyridine rings is 1. The van der Waals surface area contributed by atoms with Crippen molar-refractivity contribution in [1.29, 1.82) is 0 Å². The molecule has 0 unspecified atom stereocenters. The fourth-order valence-corrected chi connectivity index (χ4v) is 3.14. The Labute approximate surface area is 134 Å². The molecule has 2 rings (SSSR count). The van der Waals surface area contributed by atoms with Crippen molar-refractivity contribution in [3.63, 3.8) is 0 Å². The molecule has 122 valence electrons. The number of carbonyl (C=O) groups is 1. The molecule has 1 amide bonds. The Balaban J connectivity index is 2.00. The van der Waals surface area contributed by atoms with Gasteiger partial charge in [0.1, 0.15) is 0 Å². The summed E-state index contributed by atoms with van der Waals surface area (Å²) in [4.78, 5) is 15.8. The molecule has 1 aliphatic rings. The number of carbonyl (C=O) groups excluding carboxylic acids is 1. The number of nitrogens with one attached hydrogen (secondary N) is 1. The van der Waals surface area contributed by atoms with Crippen molar-refractivity contribution in [3.8, 4) is 0 Å². The van der Waals surface area contributed by atoms with Gasteiger partial charge in [-0.3, -0.25) is 9.78 Å². The third kappa shape index (κ3) is 3.76. The van der Waals surface area contributed by atoms with E-state index in [1.165, 1.54) is 0 Å². The molecule has 1 fully saturated rings. The molecule has 0 bridgehead atoms. The van der Waals surface area contributed by atoms with Crippen LogP contribution in [-0.2, 0) is 21.4 Å². The summed E-state index contributed by atoms with van der Waals surface area (Å²) in [7, 11) is -1.73. The summed E-state index contributed by atoms with van der Waals surface area (Å²) in [5, 5.41) is 3.23. The average molecular weight is 321 g/mol. The van der Waals surface area contributed by atoms with Crippen LogP contribution in [0, 0.1) is 0 Å². The van der Waals surface area contributed by atoms with Gasteiger partial charge in [-0.05, 0) is 42.6 Å². The lowest BCUT2D eigenvalue weighted by atomic mass is 10.1. The molecule has 0 saturated heterocycles. The van der Waals surface area contributed by atoms with Gasteiger partial charge in [-0.15, -0.1) is 0 Å². The molecule has 1 aliphatic carbocycles. The molecule has 0 aromatic carbocycles. The van der Waals surface area contributed by atoms with E-state index < -0.39 is 8.32 Å². The first-order valence-corrected chi connectivity index (χ1v) is 10.8. The van der Waals surface area contributed by atoms with Crippen molar-refractivity contribution >= 4 is 14.2 Å². The second-order valence-electron chi connectivity index (χ2n) is 7.86. The van der Waals surface area contributed by atoms with Gasteiger partial charge < -0.3 is 9.74 Å². The molecule has 1 aromatic heterocycles. The molecule has 1 heterocycles. The van der Waals surface area contributed by atoms with E-state index in [1.54, 1.807) is 6.92 Å². The molecule has 0 spiro atoms. The van der Waals surface area contributed by atoms with E-state index in [2.05, 4.69) is 50.2 Å². The highest BCUT2D eigenvalue weighted by molar-refractivity contribution is 6.74. The van der Waals surface area contributed by atoms with Crippen LogP contribution in [-0.4, -0.2) is 19.2 Å². The van der Waals surface area contributed by atoms with Gasteiger partial charge in [0, 0.05) is 13.1 Å². The van der Waals surface area contributed by atoms with Crippen LogP contribution in [0.4, 0.5) is 0 Å². The number of aromatic nitrogens is 1. The molecule has 5 heteroatoms. The summed E-state index contributed by atoms with van der Waals surface area (Å²) in [6, 6.07) is 4.09. The highest BCUT2D eigenvalue weighted by Crippen LogP contribution is 2.44. The molecule has 1 aromatic rings. The van der Waals surface area contributed by atoms with Gasteiger partial charge in [-0.2, -0.15) is 0 Å². The van der Waals surface area contributed by atoms with E-state index in [9.17, 15) is 4.79 Å². The van der Waals surface area contributed by atoms with E-state index in [1.807, 2.05) is 12.3 Å². The van der Waals surface area contributed by atoms with Crippen LogP contribution in [0.25, 0.3) is 0 Å².